The SMILES string of the molecule is COc1cc(C(=O)C=Cc2cccc(O)c2C=O)ccc1O. The van der Waals surface area contributed by atoms with Gasteiger partial charge in [0.1, 0.15) is 5.75 Å². The van der Waals surface area contributed by atoms with Crippen LogP contribution < -0.4 is 4.74 Å². The zero-order valence-electron chi connectivity index (χ0n) is 11.8. The molecule has 0 spiro atoms. The molecular weight excluding hydrogens is 284 g/mol. The van der Waals surface area contributed by atoms with Gasteiger partial charge in [-0.3, -0.25) is 9.59 Å². The molecule has 5 heteroatoms. The minimum absolute atomic E-state index is 0.0562. The van der Waals surface area contributed by atoms with Gasteiger partial charge in [-0.1, -0.05) is 18.2 Å². The third kappa shape index (κ3) is 3.15. The minimum atomic E-state index is -0.321. The average molecular weight is 298 g/mol. The van der Waals surface area contributed by atoms with Gasteiger partial charge in [0.25, 0.3) is 0 Å². The molecule has 2 aromatic carbocycles. The Hall–Kier alpha value is -3.08. The molecule has 0 aliphatic rings. The third-order valence-corrected chi connectivity index (χ3v) is 3.11. The van der Waals surface area contributed by atoms with Gasteiger partial charge in [0, 0.05) is 5.56 Å². The van der Waals surface area contributed by atoms with Gasteiger partial charge < -0.3 is 14.9 Å². The van der Waals surface area contributed by atoms with Gasteiger partial charge in [0.2, 0.25) is 0 Å². The van der Waals surface area contributed by atoms with E-state index in [2.05, 4.69) is 0 Å². The molecule has 22 heavy (non-hydrogen) atoms. The van der Waals surface area contributed by atoms with E-state index in [4.69, 9.17) is 4.74 Å². The molecule has 112 valence electrons. The Kier molecular flexibility index (Phi) is 4.58. The molecule has 0 aromatic heterocycles. The van der Waals surface area contributed by atoms with Crippen molar-refractivity contribution < 1.29 is 24.5 Å². The topological polar surface area (TPSA) is 83.8 Å². The molecule has 0 unspecified atom stereocenters. The molecule has 2 N–H and O–H groups in total. The molecule has 0 amide bonds. The van der Waals surface area contributed by atoms with Crippen molar-refractivity contribution in [3.8, 4) is 17.2 Å². The highest BCUT2D eigenvalue weighted by molar-refractivity contribution is 6.07. The Labute approximate surface area is 127 Å². The van der Waals surface area contributed by atoms with Crippen LogP contribution in [0.4, 0.5) is 0 Å². The summed E-state index contributed by atoms with van der Waals surface area (Å²) in [6, 6.07) is 8.85. The fourth-order valence-corrected chi connectivity index (χ4v) is 1.94. The summed E-state index contributed by atoms with van der Waals surface area (Å²) >= 11 is 0. The number of ketones is 1. The molecule has 0 fully saturated rings. The molecule has 2 rings (SSSR count). The highest BCUT2D eigenvalue weighted by Gasteiger charge is 2.08. The number of ether oxygens (including phenoxy) is 1. The molecule has 0 aliphatic carbocycles. The molecule has 0 saturated carbocycles. The van der Waals surface area contributed by atoms with Gasteiger partial charge in [0.05, 0.1) is 12.7 Å². The van der Waals surface area contributed by atoms with Crippen LogP contribution in [0.1, 0.15) is 26.3 Å². The van der Waals surface area contributed by atoms with E-state index in [1.807, 2.05) is 0 Å². The van der Waals surface area contributed by atoms with E-state index in [0.29, 0.717) is 17.4 Å². The number of phenols is 2. The van der Waals surface area contributed by atoms with Gasteiger partial charge in [-0.05, 0) is 35.9 Å². The van der Waals surface area contributed by atoms with Crippen LogP contribution in [0.5, 0.6) is 17.2 Å². The van der Waals surface area contributed by atoms with Crippen LogP contribution in [0.2, 0.25) is 0 Å². The van der Waals surface area contributed by atoms with E-state index >= 15 is 0 Å². The van der Waals surface area contributed by atoms with Crippen LogP contribution in [-0.4, -0.2) is 29.4 Å². The molecule has 0 saturated heterocycles. The van der Waals surface area contributed by atoms with Crippen LogP contribution in [0.25, 0.3) is 6.08 Å². The molecule has 0 aliphatic heterocycles. The monoisotopic (exact) mass is 298 g/mol. The molecule has 2 aromatic rings. The van der Waals surface area contributed by atoms with Crippen molar-refractivity contribution in [2.75, 3.05) is 7.11 Å². The van der Waals surface area contributed by atoms with Crippen molar-refractivity contribution in [1.29, 1.82) is 0 Å². The second kappa shape index (κ2) is 6.58. The van der Waals surface area contributed by atoms with Gasteiger partial charge in [-0.15, -0.1) is 0 Å². The third-order valence-electron chi connectivity index (χ3n) is 3.11. The largest absolute Gasteiger partial charge is 0.507 e. The van der Waals surface area contributed by atoms with Crippen molar-refractivity contribution in [2.24, 2.45) is 0 Å². The van der Waals surface area contributed by atoms with Crippen molar-refractivity contribution in [2.45, 2.75) is 0 Å². The quantitative estimate of drug-likeness (QED) is 0.504. The zero-order chi connectivity index (χ0) is 16.1. The van der Waals surface area contributed by atoms with Crippen LogP contribution in [0.15, 0.2) is 42.5 Å². The second-order valence-corrected chi connectivity index (χ2v) is 4.48. The normalized spacial score (nSPS) is 10.6. The minimum Gasteiger partial charge on any atom is -0.507 e. The molecule has 5 nitrogen and oxygen atoms in total. The number of allylic oxidation sites excluding steroid dienone is 1. The summed E-state index contributed by atoms with van der Waals surface area (Å²) in [5, 5.41) is 19.1. The van der Waals surface area contributed by atoms with Gasteiger partial charge in [0.15, 0.2) is 23.6 Å². The number of aromatic hydroxyl groups is 2. The lowest BCUT2D eigenvalue weighted by atomic mass is 10.0. The van der Waals surface area contributed by atoms with Crippen LogP contribution in [-0.2, 0) is 0 Å². The number of rotatable bonds is 5. The van der Waals surface area contributed by atoms with Crippen molar-refractivity contribution in [1.82, 2.24) is 0 Å². The first-order valence-electron chi connectivity index (χ1n) is 6.43. The highest BCUT2D eigenvalue weighted by atomic mass is 16.5. The number of hydrogen-bond donors (Lipinski definition) is 2. The van der Waals surface area contributed by atoms with E-state index < -0.39 is 0 Å². The maximum Gasteiger partial charge on any atom is 0.185 e. The number of methoxy groups -OCH3 is 1. The standard InChI is InChI=1S/C17H14O5/c1-22-17-9-12(6-8-16(17)21)14(19)7-5-11-3-2-4-15(20)13(11)10-18/h2-10,20-21H,1H3. The summed E-state index contributed by atoms with van der Waals surface area (Å²) in [5.74, 6) is -0.321. The smallest absolute Gasteiger partial charge is 0.185 e. The molecular formula is C17H14O5. The van der Waals surface area contributed by atoms with Crippen LogP contribution >= 0.6 is 0 Å². The lowest BCUT2D eigenvalue weighted by Crippen LogP contribution is -1.96. The summed E-state index contributed by atoms with van der Waals surface area (Å²) in [6.45, 7) is 0. The number of hydrogen-bond acceptors (Lipinski definition) is 5. The van der Waals surface area contributed by atoms with Crippen molar-refractivity contribution in [3.63, 3.8) is 0 Å². The summed E-state index contributed by atoms with van der Waals surface area (Å²) < 4.78 is 4.95. The van der Waals surface area contributed by atoms with Crippen molar-refractivity contribution >= 4 is 18.1 Å². The Morgan fingerprint density at radius 3 is 2.59 bits per heavy atom. The lowest BCUT2D eigenvalue weighted by molar-refractivity contribution is 0.104. The number of carbonyl (C=O) groups is 2. The first-order valence-corrected chi connectivity index (χ1v) is 6.43. The predicted octanol–water partition coefficient (Wildman–Crippen LogP) is 2.82. The van der Waals surface area contributed by atoms with Crippen LogP contribution in [0.3, 0.4) is 0 Å². The second-order valence-electron chi connectivity index (χ2n) is 4.48. The first kappa shape index (κ1) is 15.3. The van der Waals surface area contributed by atoms with E-state index in [0.717, 1.165) is 0 Å². The Morgan fingerprint density at radius 2 is 1.91 bits per heavy atom. The van der Waals surface area contributed by atoms with Crippen molar-refractivity contribution in [3.05, 3.63) is 59.2 Å². The summed E-state index contributed by atoms with van der Waals surface area (Å²) in [4.78, 5) is 23.1. The zero-order valence-corrected chi connectivity index (χ0v) is 11.8. The van der Waals surface area contributed by atoms with Gasteiger partial charge in [-0.2, -0.15) is 0 Å². The van der Waals surface area contributed by atoms with Gasteiger partial charge in [-0.25, -0.2) is 0 Å². The maximum atomic E-state index is 12.1. The predicted molar refractivity (Wildman–Crippen MR) is 81.5 cm³/mol. The maximum absolute atomic E-state index is 12.1. The Morgan fingerprint density at radius 1 is 1.14 bits per heavy atom. The van der Waals surface area contributed by atoms with E-state index in [9.17, 15) is 19.8 Å². The van der Waals surface area contributed by atoms with E-state index in [1.165, 1.54) is 43.5 Å². The fourth-order valence-electron chi connectivity index (χ4n) is 1.94. The molecule has 0 radical (unpaired) electrons. The fraction of sp³-hybridized carbons (Fsp3) is 0.0588. The summed E-state index contributed by atoms with van der Waals surface area (Å²) in [5.41, 5.74) is 0.891. The number of carbonyl (C=O) groups excluding carboxylic acids is 2. The Balaban J connectivity index is 2.29. The van der Waals surface area contributed by atoms with E-state index in [-0.39, 0.29) is 28.6 Å². The summed E-state index contributed by atoms with van der Waals surface area (Å²) in [6.07, 6.45) is 3.27. The molecule has 0 atom stereocenters. The lowest BCUT2D eigenvalue weighted by Gasteiger charge is -2.04. The van der Waals surface area contributed by atoms with E-state index in [1.54, 1.807) is 12.1 Å². The summed E-state index contributed by atoms with van der Waals surface area (Å²) in [7, 11) is 1.39. The van der Waals surface area contributed by atoms with Gasteiger partial charge >= 0.3 is 0 Å². The van der Waals surface area contributed by atoms with Crippen LogP contribution in [0, 0.1) is 0 Å². The highest BCUT2D eigenvalue weighted by Crippen LogP contribution is 2.27. The Bertz CT molecular complexity index is 747. The molecule has 0 bridgehead atoms. The molecule has 0 heterocycles. The number of benzene rings is 2. The number of phenolic OH excluding ortho intramolecular Hbond substituents is 2. The first-order chi connectivity index (χ1) is 10.6. The average Bonchev–Trinajstić information content (AvgIpc) is 2.53. The number of aldehydes is 1.